The first kappa shape index (κ1) is 34.4. The Balaban J connectivity index is 1.43. The Labute approximate surface area is 260 Å². The third kappa shape index (κ3) is 10.3. The lowest BCUT2D eigenvalue weighted by molar-refractivity contribution is -0.230. The predicted molar refractivity (Wildman–Crippen MR) is 160 cm³/mol. The summed E-state index contributed by atoms with van der Waals surface area (Å²) >= 11 is 5.89. The van der Waals surface area contributed by atoms with Crippen LogP contribution in [0.3, 0.4) is 0 Å². The molecule has 4 rings (SSSR count). The van der Waals surface area contributed by atoms with Gasteiger partial charge in [0.2, 0.25) is 0 Å². The van der Waals surface area contributed by atoms with Crippen molar-refractivity contribution in [1.82, 2.24) is 9.62 Å². The van der Waals surface area contributed by atoms with Crippen LogP contribution < -0.4 is 4.72 Å². The van der Waals surface area contributed by atoms with Crippen molar-refractivity contribution in [3.63, 3.8) is 0 Å². The molecule has 0 aliphatic carbocycles. The van der Waals surface area contributed by atoms with Gasteiger partial charge in [0.15, 0.2) is 12.1 Å². The summed E-state index contributed by atoms with van der Waals surface area (Å²) in [7, 11) is -4.19. The van der Waals surface area contributed by atoms with Crippen LogP contribution in [0.4, 0.5) is 4.79 Å². The van der Waals surface area contributed by atoms with E-state index in [0.717, 1.165) is 19.3 Å². The number of fused-ring (bicyclic) bond motifs is 1. The van der Waals surface area contributed by atoms with Crippen LogP contribution in [0, 0.1) is 0 Å². The Morgan fingerprint density at radius 3 is 2.37 bits per heavy atom. The molecule has 1 N–H and O–H groups in total. The van der Waals surface area contributed by atoms with E-state index in [1.54, 1.807) is 0 Å². The summed E-state index contributed by atoms with van der Waals surface area (Å²) in [5.74, 6) is -0.856. The van der Waals surface area contributed by atoms with Crippen molar-refractivity contribution in [2.45, 2.75) is 114 Å². The summed E-state index contributed by atoms with van der Waals surface area (Å²) in [6, 6.07) is 5.50. The first-order chi connectivity index (χ1) is 20.6. The minimum absolute atomic E-state index is 0.110. The smallest absolute Gasteiger partial charge is 0.421 e. The molecule has 0 aromatic heterocycles. The van der Waals surface area contributed by atoms with E-state index < -0.39 is 52.6 Å². The molecule has 0 bridgehead atoms. The molecule has 0 spiro atoms. The van der Waals surface area contributed by atoms with Gasteiger partial charge in [-0.3, -0.25) is 4.90 Å². The molecule has 5 atom stereocenters. The Kier molecular flexibility index (Phi) is 12.9. The van der Waals surface area contributed by atoms with Crippen LogP contribution >= 0.6 is 11.6 Å². The van der Waals surface area contributed by atoms with Gasteiger partial charge < -0.3 is 28.4 Å². The van der Waals surface area contributed by atoms with E-state index >= 15 is 0 Å². The van der Waals surface area contributed by atoms with Crippen LogP contribution in [-0.4, -0.2) is 95.4 Å². The lowest BCUT2D eigenvalue weighted by Gasteiger charge is -2.35. The number of nitrogens with one attached hydrogen (secondary N) is 1. The molecule has 3 aliphatic heterocycles. The third-order valence-electron chi connectivity index (χ3n) is 7.84. The SMILES string of the molecule is CCCCCCCCCCO[C@@H]1[C@H]2OC(C)(C)O[C@H]2O[C@@H]1C(CN1CCOCC1)OC(=O)NS(=O)(=O)c1ccc(Cl)cc1. The summed E-state index contributed by atoms with van der Waals surface area (Å²) in [5.41, 5.74) is 0. The fraction of sp³-hybridized carbons (Fsp3) is 0.767. The number of ether oxygens (including phenoxy) is 6. The molecule has 3 fully saturated rings. The van der Waals surface area contributed by atoms with Gasteiger partial charge in [0.1, 0.15) is 24.4 Å². The maximum Gasteiger partial charge on any atom is 0.421 e. The molecule has 1 unspecified atom stereocenters. The summed E-state index contributed by atoms with van der Waals surface area (Å²) in [6.45, 7) is 8.98. The zero-order valence-corrected chi connectivity index (χ0v) is 27.1. The second kappa shape index (κ2) is 16.2. The molecular weight excluding hydrogens is 600 g/mol. The fourth-order valence-electron chi connectivity index (χ4n) is 5.64. The van der Waals surface area contributed by atoms with Gasteiger partial charge in [-0.2, -0.15) is 0 Å². The topological polar surface area (TPSA) is 122 Å². The van der Waals surface area contributed by atoms with E-state index in [0.29, 0.717) is 44.5 Å². The number of benzene rings is 1. The van der Waals surface area contributed by atoms with E-state index in [2.05, 4.69) is 11.8 Å². The predicted octanol–water partition coefficient (Wildman–Crippen LogP) is 4.86. The number of morpholine rings is 1. The molecule has 1 aromatic carbocycles. The Bertz CT molecular complexity index is 1120. The highest BCUT2D eigenvalue weighted by atomic mass is 35.5. The first-order valence-electron chi connectivity index (χ1n) is 15.5. The van der Waals surface area contributed by atoms with Crippen LogP contribution in [0.25, 0.3) is 0 Å². The van der Waals surface area contributed by atoms with Crippen molar-refractivity contribution >= 4 is 27.7 Å². The average molecular weight is 647 g/mol. The molecular formula is C30H47ClN2O9S. The summed E-state index contributed by atoms with van der Waals surface area (Å²) in [6.07, 6.45) is 4.83. The Morgan fingerprint density at radius 2 is 1.70 bits per heavy atom. The second-order valence-electron chi connectivity index (χ2n) is 11.8. The maximum atomic E-state index is 13.0. The van der Waals surface area contributed by atoms with Gasteiger partial charge in [-0.15, -0.1) is 0 Å². The number of hydrogen-bond acceptors (Lipinski definition) is 10. The number of halogens is 1. The van der Waals surface area contributed by atoms with Gasteiger partial charge in [-0.1, -0.05) is 63.5 Å². The number of rotatable bonds is 16. The molecule has 0 radical (unpaired) electrons. The zero-order chi connectivity index (χ0) is 30.9. The van der Waals surface area contributed by atoms with Crippen molar-refractivity contribution in [1.29, 1.82) is 0 Å². The molecule has 43 heavy (non-hydrogen) atoms. The highest BCUT2D eigenvalue weighted by Crippen LogP contribution is 2.40. The molecule has 0 saturated carbocycles. The minimum Gasteiger partial charge on any atom is -0.441 e. The van der Waals surface area contributed by atoms with Crippen LogP contribution in [0.1, 0.15) is 72.1 Å². The Hall–Kier alpha value is -1.51. The van der Waals surface area contributed by atoms with Gasteiger partial charge in [0, 0.05) is 31.3 Å². The number of sulfonamides is 1. The quantitative estimate of drug-likeness (QED) is 0.249. The maximum absolute atomic E-state index is 13.0. The van der Waals surface area contributed by atoms with E-state index in [9.17, 15) is 13.2 Å². The molecule has 13 heteroatoms. The molecule has 3 saturated heterocycles. The number of hydrogen-bond donors (Lipinski definition) is 1. The largest absolute Gasteiger partial charge is 0.441 e. The minimum atomic E-state index is -4.19. The third-order valence-corrected chi connectivity index (χ3v) is 9.42. The van der Waals surface area contributed by atoms with E-state index in [-0.39, 0.29) is 4.90 Å². The van der Waals surface area contributed by atoms with Gasteiger partial charge in [-0.05, 0) is 44.5 Å². The highest BCUT2D eigenvalue weighted by molar-refractivity contribution is 7.90. The van der Waals surface area contributed by atoms with Crippen molar-refractivity contribution in [2.75, 3.05) is 39.5 Å². The normalized spacial score (nSPS) is 26.2. The lowest BCUT2D eigenvalue weighted by atomic mass is 10.0. The number of carbonyl (C=O) groups excluding carboxylic acids is 1. The van der Waals surface area contributed by atoms with Gasteiger partial charge in [0.25, 0.3) is 10.0 Å². The van der Waals surface area contributed by atoms with E-state index in [1.807, 2.05) is 18.6 Å². The van der Waals surface area contributed by atoms with Gasteiger partial charge >= 0.3 is 6.09 Å². The number of nitrogens with zero attached hydrogens (tertiary/aromatic N) is 1. The lowest BCUT2D eigenvalue weighted by Crippen LogP contribution is -2.52. The van der Waals surface area contributed by atoms with Crippen LogP contribution in [0.5, 0.6) is 0 Å². The fourth-order valence-corrected chi connectivity index (χ4v) is 6.64. The molecule has 3 aliphatic rings. The van der Waals surface area contributed by atoms with Crippen molar-refractivity contribution in [3.05, 3.63) is 29.3 Å². The number of unbranched alkanes of at least 4 members (excludes halogenated alkanes) is 7. The van der Waals surface area contributed by atoms with Crippen LogP contribution in [0.15, 0.2) is 29.2 Å². The van der Waals surface area contributed by atoms with Crippen molar-refractivity contribution in [3.8, 4) is 0 Å². The molecule has 1 aromatic rings. The highest BCUT2D eigenvalue weighted by Gasteiger charge is 2.58. The van der Waals surface area contributed by atoms with Crippen molar-refractivity contribution in [2.24, 2.45) is 0 Å². The molecule has 3 heterocycles. The molecule has 1 amide bonds. The Morgan fingerprint density at radius 1 is 1.05 bits per heavy atom. The van der Waals surface area contributed by atoms with E-state index in [1.165, 1.54) is 56.4 Å². The van der Waals surface area contributed by atoms with E-state index in [4.69, 9.17) is 40.0 Å². The summed E-state index contributed by atoms with van der Waals surface area (Å²) in [4.78, 5) is 15.0. The van der Waals surface area contributed by atoms with Crippen LogP contribution in [-0.2, 0) is 38.4 Å². The number of carbonyl (C=O) groups is 1. The molecule has 11 nitrogen and oxygen atoms in total. The monoisotopic (exact) mass is 646 g/mol. The zero-order valence-electron chi connectivity index (χ0n) is 25.5. The first-order valence-corrected chi connectivity index (χ1v) is 17.4. The number of amides is 1. The standard InChI is InChI=1S/C30H47ClN2O9S/c1-4-5-6-7-8-9-10-11-18-38-26-25(40-28-27(26)41-30(2,3)42-28)24(21-33-16-19-37-20-17-33)39-29(34)32-43(35,36)23-14-12-22(31)13-15-23/h12-15,24-28H,4-11,16-21H2,1-3H3,(H,32,34)/t24?,25-,26+,27-,28-/m1/s1. The van der Waals surface area contributed by atoms with Gasteiger partial charge in [-0.25, -0.2) is 17.9 Å². The summed E-state index contributed by atoms with van der Waals surface area (Å²) in [5, 5.41) is 0.377. The van der Waals surface area contributed by atoms with Crippen molar-refractivity contribution < 1.29 is 41.6 Å². The molecule has 244 valence electrons. The summed E-state index contributed by atoms with van der Waals surface area (Å²) < 4.78 is 63.9. The second-order valence-corrected chi connectivity index (χ2v) is 13.9. The average Bonchev–Trinajstić information content (AvgIpc) is 3.44. The van der Waals surface area contributed by atoms with Crippen LogP contribution in [0.2, 0.25) is 5.02 Å². The van der Waals surface area contributed by atoms with Gasteiger partial charge in [0.05, 0.1) is 18.1 Å².